The standard InChI is InChI=1S/C19H16FN3O5/c20-15-7-2-4-9-17(15)22(11-5-10-21)18(24)13-28-19(25)12-14-6-1-3-8-16(14)23(26)27/h1-4,6-9H,5,11-13H2. The van der Waals surface area contributed by atoms with E-state index >= 15 is 0 Å². The van der Waals surface area contributed by atoms with E-state index in [1.807, 2.05) is 6.07 Å². The number of nitro groups is 1. The molecule has 0 saturated heterocycles. The number of anilines is 1. The van der Waals surface area contributed by atoms with Crippen LogP contribution in [0, 0.1) is 27.3 Å². The van der Waals surface area contributed by atoms with Gasteiger partial charge in [0.05, 0.1) is 29.5 Å². The fourth-order valence-corrected chi connectivity index (χ4v) is 2.48. The fourth-order valence-electron chi connectivity index (χ4n) is 2.48. The van der Waals surface area contributed by atoms with Gasteiger partial charge in [-0.15, -0.1) is 0 Å². The second-order valence-electron chi connectivity index (χ2n) is 5.63. The van der Waals surface area contributed by atoms with E-state index < -0.39 is 29.2 Å². The lowest BCUT2D eigenvalue weighted by molar-refractivity contribution is -0.385. The molecule has 0 aromatic heterocycles. The van der Waals surface area contributed by atoms with E-state index in [-0.39, 0.29) is 36.3 Å². The van der Waals surface area contributed by atoms with Crippen molar-refractivity contribution in [3.05, 3.63) is 70.0 Å². The number of hydrogen-bond acceptors (Lipinski definition) is 6. The number of rotatable bonds is 8. The van der Waals surface area contributed by atoms with Gasteiger partial charge in [-0.2, -0.15) is 5.26 Å². The molecule has 9 heteroatoms. The Morgan fingerprint density at radius 3 is 2.54 bits per heavy atom. The number of para-hydroxylation sites is 2. The zero-order valence-electron chi connectivity index (χ0n) is 14.7. The highest BCUT2D eigenvalue weighted by Crippen LogP contribution is 2.20. The van der Waals surface area contributed by atoms with E-state index in [0.29, 0.717) is 0 Å². The van der Waals surface area contributed by atoms with Crippen molar-refractivity contribution >= 4 is 23.3 Å². The van der Waals surface area contributed by atoms with Crippen LogP contribution < -0.4 is 4.90 Å². The minimum atomic E-state index is -0.837. The van der Waals surface area contributed by atoms with Gasteiger partial charge in [0, 0.05) is 18.2 Å². The van der Waals surface area contributed by atoms with Crippen LogP contribution >= 0.6 is 0 Å². The maximum absolute atomic E-state index is 14.0. The third kappa shape index (κ3) is 5.35. The second-order valence-corrected chi connectivity index (χ2v) is 5.63. The Morgan fingerprint density at radius 2 is 1.86 bits per heavy atom. The molecule has 2 aromatic rings. The summed E-state index contributed by atoms with van der Waals surface area (Å²) in [6.07, 6.45) is -0.424. The van der Waals surface area contributed by atoms with E-state index in [9.17, 15) is 24.1 Å². The zero-order chi connectivity index (χ0) is 20.5. The first kappa shape index (κ1) is 20.5. The maximum atomic E-state index is 14.0. The minimum absolute atomic E-state index is 0.0301. The highest BCUT2D eigenvalue weighted by molar-refractivity contribution is 5.95. The van der Waals surface area contributed by atoms with Gasteiger partial charge in [-0.1, -0.05) is 30.3 Å². The molecule has 144 valence electrons. The summed E-state index contributed by atoms with van der Waals surface area (Å²) in [5.41, 5.74) is -0.106. The van der Waals surface area contributed by atoms with Crippen LogP contribution in [-0.4, -0.2) is 30.0 Å². The number of carbonyl (C=O) groups excluding carboxylic acids is 2. The average molecular weight is 385 g/mol. The third-order valence-corrected chi connectivity index (χ3v) is 3.77. The number of ether oxygens (including phenoxy) is 1. The summed E-state index contributed by atoms with van der Waals surface area (Å²) in [6, 6.07) is 13.1. The molecular formula is C19H16FN3O5. The molecule has 0 radical (unpaired) electrons. The first-order chi connectivity index (χ1) is 13.4. The highest BCUT2D eigenvalue weighted by atomic mass is 19.1. The Bertz CT molecular complexity index is 926. The largest absolute Gasteiger partial charge is 0.455 e. The van der Waals surface area contributed by atoms with Gasteiger partial charge in [0.15, 0.2) is 6.61 Å². The molecule has 0 aliphatic rings. The van der Waals surface area contributed by atoms with Crippen molar-refractivity contribution in [2.75, 3.05) is 18.1 Å². The monoisotopic (exact) mass is 385 g/mol. The Hall–Kier alpha value is -3.80. The first-order valence-corrected chi connectivity index (χ1v) is 8.23. The summed E-state index contributed by atoms with van der Waals surface area (Å²) in [5, 5.41) is 19.7. The van der Waals surface area contributed by atoms with Crippen LogP contribution in [0.2, 0.25) is 0 Å². The zero-order valence-corrected chi connectivity index (χ0v) is 14.7. The molecule has 0 aliphatic heterocycles. The number of halogens is 1. The Kier molecular flexibility index (Phi) is 7.16. The number of hydrogen-bond donors (Lipinski definition) is 0. The van der Waals surface area contributed by atoms with Crippen molar-refractivity contribution in [3.8, 4) is 6.07 Å². The molecular weight excluding hydrogens is 369 g/mol. The van der Waals surface area contributed by atoms with Crippen LogP contribution in [0.5, 0.6) is 0 Å². The Balaban J connectivity index is 2.04. The molecule has 0 atom stereocenters. The van der Waals surface area contributed by atoms with Gasteiger partial charge in [0.1, 0.15) is 5.82 Å². The summed E-state index contributed by atoms with van der Waals surface area (Å²) in [4.78, 5) is 35.8. The van der Waals surface area contributed by atoms with Crippen LogP contribution in [0.4, 0.5) is 15.8 Å². The van der Waals surface area contributed by atoms with Gasteiger partial charge in [-0.25, -0.2) is 4.39 Å². The number of esters is 1. The smallest absolute Gasteiger partial charge is 0.311 e. The van der Waals surface area contributed by atoms with Gasteiger partial charge >= 0.3 is 5.97 Å². The van der Waals surface area contributed by atoms with Crippen molar-refractivity contribution in [1.82, 2.24) is 0 Å². The average Bonchev–Trinajstić information content (AvgIpc) is 2.68. The fraction of sp³-hybridized carbons (Fsp3) is 0.211. The molecule has 0 spiro atoms. The predicted molar refractivity (Wildman–Crippen MR) is 96.7 cm³/mol. The predicted octanol–water partition coefficient (Wildman–Crippen LogP) is 2.77. The molecule has 28 heavy (non-hydrogen) atoms. The number of benzene rings is 2. The molecule has 0 fully saturated rings. The SMILES string of the molecule is N#CCCN(C(=O)COC(=O)Cc1ccccc1[N+](=O)[O-])c1ccccc1F. The lowest BCUT2D eigenvalue weighted by Crippen LogP contribution is -2.36. The highest BCUT2D eigenvalue weighted by Gasteiger charge is 2.21. The van der Waals surface area contributed by atoms with Gasteiger partial charge in [-0.3, -0.25) is 19.7 Å². The van der Waals surface area contributed by atoms with Gasteiger partial charge < -0.3 is 9.64 Å². The van der Waals surface area contributed by atoms with E-state index in [0.717, 1.165) is 4.90 Å². The van der Waals surface area contributed by atoms with Crippen LogP contribution in [-0.2, 0) is 20.7 Å². The molecule has 8 nitrogen and oxygen atoms in total. The number of amides is 1. The van der Waals surface area contributed by atoms with E-state index in [1.54, 1.807) is 6.07 Å². The van der Waals surface area contributed by atoms with Gasteiger partial charge in [-0.05, 0) is 12.1 Å². The van der Waals surface area contributed by atoms with E-state index in [4.69, 9.17) is 10.00 Å². The normalized spacial score (nSPS) is 10.0. The molecule has 2 rings (SSSR count). The number of nitro benzene ring substituents is 1. The summed E-state index contributed by atoms with van der Waals surface area (Å²) in [6.45, 7) is -0.753. The maximum Gasteiger partial charge on any atom is 0.311 e. The summed E-state index contributed by atoms with van der Waals surface area (Å²) in [5.74, 6) is -2.20. The van der Waals surface area contributed by atoms with Gasteiger partial charge in [0.2, 0.25) is 0 Å². The van der Waals surface area contributed by atoms with Crippen LogP contribution in [0.25, 0.3) is 0 Å². The molecule has 0 aliphatic carbocycles. The number of nitrogens with zero attached hydrogens (tertiary/aromatic N) is 3. The molecule has 2 aromatic carbocycles. The topological polar surface area (TPSA) is 114 Å². The van der Waals surface area contributed by atoms with Crippen molar-refractivity contribution < 1.29 is 23.6 Å². The van der Waals surface area contributed by atoms with E-state index in [2.05, 4.69) is 0 Å². The second kappa shape index (κ2) is 9.78. The van der Waals surface area contributed by atoms with E-state index in [1.165, 1.54) is 42.5 Å². The van der Waals surface area contributed by atoms with Crippen LogP contribution in [0.1, 0.15) is 12.0 Å². The van der Waals surface area contributed by atoms with Crippen molar-refractivity contribution in [2.45, 2.75) is 12.8 Å². The van der Waals surface area contributed by atoms with Gasteiger partial charge in [0.25, 0.3) is 11.6 Å². The lowest BCUT2D eigenvalue weighted by Gasteiger charge is -2.22. The minimum Gasteiger partial charge on any atom is -0.455 e. The quantitative estimate of drug-likeness (QED) is 0.392. The lowest BCUT2D eigenvalue weighted by atomic mass is 10.1. The van der Waals surface area contributed by atoms with Crippen molar-refractivity contribution in [3.63, 3.8) is 0 Å². The summed E-state index contributed by atoms with van der Waals surface area (Å²) >= 11 is 0. The molecule has 0 N–H and O–H groups in total. The third-order valence-electron chi connectivity index (χ3n) is 3.77. The Morgan fingerprint density at radius 1 is 1.18 bits per heavy atom. The van der Waals surface area contributed by atoms with Crippen LogP contribution in [0.15, 0.2) is 48.5 Å². The van der Waals surface area contributed by atoms with Crippen LogP contribution in [0.3, 0.4) is 0 Å². The number of carbonyl (C=O) groups is 2. The van der Waals surface area contributed by atoms with Crippen molar-refractivity contribution in [1.29, 1.82) is 5.26 Å². The molecule has 0 saturated carbocycles. The molecule has 1 amide bonds. The number of nitriles is 1. The summed E-state index contributed by atoms with van der Waals surface area (Å²) < 4.78 is 18.9. The van der Waals surface area contributed by atoms with Crippen molar-refractivity contribution in [2.24, 2.45) is 0 Å². The molecule has 0 unspecified atom stereocenters. The Labute approximate surface area is 159 Å². The molecule has 0 bridgehead atoms. The first-order valence-electron chi connectivity index (χ1n) is 8.23. The molecule has 0 heterocycles. The summed E-state index contributed by atoms with van der Waals surface area (Å²) in [7, 11) is 0.